The second-order valence-electron chi connectivity index (χ2n) is 3.85. The van der Waals surface area contributed by atoms with E-state index in [-0.39, 0.29) is 18.8 Å². The van der Waals surface area contributed by atoms with Gasteiger partial charge in [0.15, 0.2) is 0 Å². The first-order valence-electron chi connectivity index (χ1n) is 5.51. The zero-order valence-electron chi connectivity index (χ0n) is 10.4. The van der Waals surface area contributed by atoms with Crippen molar-refractivity contribution in [1.82, 2.24) is 5.32 Å². The fraction of sp³-hybridized carbons (Fsp3) is 0.727. The topological polar surface area (TPSA) is 92.7 Å². The van der Waals surface area contributed by atoms with Crippen LogP contribution in [0, 0.1) is 5.92 Å². The van der Waals surface area contributed by atoms with Gasteiger partial charge in [-0.1, -0.05) is 20.3 Å². The van der Waals surface area contributed by atoms with Crippen LogP contribution in [0.5, 0.6) is 0 Å². The Morgan fingerprint density at radius 3 is 2.29 bits per heavy atom. The standard InChI is InChI=1S/C11H19NO5/c1-4-7(2)10(11(15)16)12-8(13)5-6-9(14)17-3/h7,10H,4-6H2,1-3H3,(H,12,13)(H,15,16). The molecule has 2 atom stereocenters. The van der Waals surface area contributed by atoms with E-state index in [1.165, 1.54) is 7.11 Å². The summed E-state index contributed by atoms with van der Waals surface area (Å²) >= 11 is 0. The molecule has 6 nitrogen and oxygen atoms in total. The van der Waals surface area contributed by atoms with Crippen molar-refractivity contribution in [2.75, 3.05) is 7.11 Å². The first-order chi connectivity index (χ1) is 7.92. The Morgan fingerprint density at radius 1 is 1.29 bits per heavy atom. The van der Waals surface area contributed by atoms with Gasteiger partial charge in [0.1, 0.15) is 6.04 Å². The molecule has 6 heteroatoms. The number of aliphatic carboxylic acids is 1. The van der Waals surface area contributed by atoms with Crippen molar-refractivity contribution in [2.45, 2.75) is 39.2 Å². The lowest BCUT2D eigenvalue weighted by Gasteiger charge is -2.19. The van der Waals surface area contributed by atoms with Gasteiger partial charge in [0.25, 0.3) is 0 Å². The number of nitrogens with one attached hydrogen (secondary N) is 1. The molecule has 0 saturated carbocycles. The van der Waals surface area contributed by atoms with Gasteiger partial charge < -0.3 is 15.2 Å². The minimum atomic E-state index is -1.06. The number of carboxylic acid groups (broad SMARTS) is 1. The molecule has 0 aliphatic carbocycles. The maximum Gasteiger partial charge on any atom is 0.326 e. The SMILES string of the molecule is CCC(C)C(NC(=O)CCC(=O)OC)C(=O)O. The van der Waals surface area contributed by atoms with Gasteiger partial charge >= 0.3 is 11.9 Å². The minimum absolute atomic E-state index is 0.0465. The zero-order valence-corrected chi connectivity index (χ0v) is 10.4. The highest BCUT2D eigenvalue weighted by atomic mass is 16.5. The highest BCUT2D eigenvalue weighted by Gasteiger charge is 2.25. The molecule has 1 amide bonds. The molecule has 0 aliphatic rings. The summed E-state index contributed by atoms with van der Waals surface area (Å²) < 4.78 is 4.39. The Kier molecular flexibility index (Phi) is 6.93. The van der Waals surface area contributed by atoms with Crippen molar-refractivity contribution in [1.29, 1.82) is 0 Å². The number of rotatable bonds is 7. The van der Waals surface area contributed by atoms with Gasteiger partial charge in [-0.25, -0.2) is 4.79 Å². The zero-order chi connectivity index (χ0) is 13.4. The van der Waals surface area contributed by atoms with E-state index in [4.69, 9.17) is 5.11 Å². The van der Waals surface area contributed by atoms with Crippen molar-refractivity contribution in [3.8, 4) is 0 Å². The van der Waals surface area contributed by atoms with E-state index in [2.05, 4.69) is 10.1 Å². The molecule has 0 aliphatic heterocycles. The number of ether oxygens (including phenoxy) is 1. The summed E-state index contributed by atoms with van der Waals surface area (Å²) in [6, 6.07) is -0.912. The Balaban J connectivity index is 4.22. The maximum atomic E-state index is 11.4. The average Bonchev–Trinajstić information content (AvgIpc) is 2.31. The minimum Gasteiger partial charge on any atom is -0.480 e. The molecule has 0 fully saturated rings. The third-order valence-corrected chi connectivity index (χ3v) is 2.58. The normalized spacial score (nSPS) is 13.6. The Labute approximate surface area is 100 Å². The van der Waals surface area contributed by atoms with E-state index < -0.39 is 23.9 Å². The lowest BCUT2D eigenvalue weighted by molar-refractivity contribution is -0.144. The van der Waals surface area contributed by atoms with Crippen molar-refractivity contribution in [3.63, 3.8) is 0 Å². The van der Waals surface area contributed by atoms with E-state index in [0.717, 1.165) is 0 Å². The molecular formula is C11H19NO5. The number of carbonyl (C=O) groups excluding carboxylic acids is 2. The number of hydrogen-bond donors (Lipinski definition) is 2. The first kappa shape index (κ1) is 15.4. The molecule has 0 aromatic rings. The van der Waals surface area contributed by atoms with Crippen LogP contribution in [0.3, 0.4) is 0 Å². The van der Waals surface area contributed by atoms with E-state index >= 15 is 0 Å². The number of esters is 1. The van der Waals surface area contributed by atoms with Crippen molar-refractivity contribution in [3.05, 3.63) is 0 Å². The maximum absolute atomic E-state index is 11.4. The van der Waals surface area contributed by atoms with Crippen molar-refractivity contribution < 1.29 is 24.2 Å². The second-order valence-corrected chi connectivity index (χ2v) is 3.85. The molecule has 0 heterocycles. The van der Waals surface area contributed by atoms with Crippen molar-refractivity contribution >= 4 is 17.8 Å². The van der Waals surface area contributed by atoms with Gasteiger partial charge in [0.05, 0.1) is 13.5 Å². The predicted octanol–water partition coefficient (Wildman–Crippen LogP) is 0.555. The largest absolute Gasteiger partial charge is 0.480 e. The molecule has 0 aromatic heterocycles. The molecule has 0 aromatic carbocycles. The van der Waals surface area contributed by atoms with Crippen molar-refractivity contribution in [2.24, 2.45) is 5.92 Å². The van der Waals surface area contributed by atoms with Gasteiger partial charge in [-0.3, -0.25) is 9.59 Å². The molecule has 0 radical (unpaired) electrons. The van der Waals surface area contributed by atoms with Crippen LogP contribution in [-0.2, 0) is 19.1 Å². The first-order valence-corrected chi connectivity index (χ1v) is 5.51. The van der Waals surface area contributed by atoms with Crippen LogP contribution in [0.15, 0.2) is 0 Å². The van der Waals surface area contributed by atoms with Crippen LogP contribution in [0.2, 0.25) is 0 Å². The summed E-state index contributed by atoms with van der Waals surface area (Å²) in [7, 11) is 1.24. The van der Waals surface area contributed by atoms with Gasteiger partial charge in [-0.05, 0) is 5.92 Å². The smallest absolute Gasteiger partial charge is 0.326 e. The molecule has 0 spiro atoms. The highest BCUT2D eigenvalue weighted by molar-refractivity contribution is 5.85. The number of amides is 1. The number of carbonyl (C=O) groups is 3. The molecular weight excluding hydrogens is 226 g/mol. The summed E-state index contributed by atoms with van der Waals surface area (Å²) in [5.41, 5.74) is 0. The van der Waals surface area contributed by atoms with Crippen LogP contribution in [-0.4, -0.2) is 36.1 Å². The average molecular weight is 245 g/mol. The summed E-state index contributed by atoms with van der Waals surface area (Å²) in [6.07, 6.45) is 0.538. The van der Waals surface area contributed by atoms with E-state index in [1.54, 1.807) is 6.92 Å². The summed E-state index contributed by atoms with van der Waals surface area (Å²) in [4.78, 5) is 33.1. The fourth-order valence-electron chi connectivity index (χ4n) is 1.25. The molecule has 17 heavy (non-hydrogen) atoms. The molecule has 2 N–H and O–H groups in total. The number of methoxy groups -OCH3 is 1. The van der Waals surface area contributed by atoms with E-state index in [0.29, 0.717) is 6.42 Å². The predicted molar refractivity (Wildman–Crippen MR) is 60.3 cm³/mol. The summed E-state index contributed by atoms with van der Waals surface area (Å²) in [5, 5.41) is 11.3. The second kappa shape index (κ2) is 7.65. The molecule has 0 rings (SSSR count). The highest BCUT2D eigenvalue weighted by Crippen LogP contribution is 2.08. The molecule has 0 bridgehead atoms. The summed E-state index contributed by atoms with van der Waals surface area (Å²) in [5.74, 6) is -2.17. The van der Waals surface area contributed by atoms with E-state index in [1.807, 2.05) is 6.92 Å². The van der Waals surface area contributed by atoms with Crippen LogP contribution in [0.25, 0.3) is 0 Å². The van der Waals surface area contributed by atoms with Gasteiger partial charge in [0.2, 0.25) is 5.91 Å². The Morgan fingerprint density at radius 2 is 1.88 bits per heavy atom. The monoisotopic (exact) mass is 245 g/mol. The quantitative estimate of drug-likeness (QED) is 0.639. The molecule has 0 saturated heterocycles. The lowest BCUT2D eigenvalue weighted by atomic mass is 9.99. The van der Waals surface area contributed by atoms with Crippen LogP contribution in [0.1, 0.15) is 33.1 Å². The summed E-state index contributed by atoms with van der Waals surface area (Å²) in [6.45, 7) is 3.60. The molecule has 98 valence electrons. The van der Waals surface area contributed by atoms with Crippen LogP contribution in [0.4, 0.5) is 0 Å². The molecule has 2 unspecified atom stereocenters. The fourth-order valence-corrected chi connectivity index (χ4v) is 1.25. The van der Waals surface area contributed by atoms with Gasteiger partial charge in [-0.15, -0.1) is 0 Å². The van der Waals surface area contributed by atoms with E-state index in [9.17, 15) is 14.4 Å². The van der Waals surface area contributed by atoms with Crippen LogP contribution >= 0.6 is 0 Å². The third kappa shape index (κ3) is 5.89. The van der Waals surface area contributed by atoms with Crippen LogP contribution < -0.4 is 5.32 Å². The third-order valence-electron chi connectivity index (χ3n) is 2.58. The van der Waals surface area contributed by atoms with Gasteiger partial charge in [0, 0.05) is 6.42 Å². The van der Waals surface area contributed by atoms with Gasteiger partial charge in [-0.2, -0.15) is 0 Å². The number of hydrogen-bond acceptors (Lipinski definition) is 4. The number of carboxylic acids is 1. The Hall–Kier alpha value is -1.59. The lowest BCUT2D eigenvalue weighted by Crippen LogP contribution is -2.45. The Bertz CT molecular complexity index is 290.